The van der Waals surface area contributed by atoms with Gasteiger partial charge < -0.3 is 10.6 Å². The smallest absolute Gasteiger partial charge is 0.0165 e. The summed E-state index contributed by atoms with van der Waals surface area (Å²) in [6.07, 6.45) is 1.07. The molecule has 0 fully saturated rings. The maximum Gasteiger partial charge on any atom is 0.0165 e. The van der Waals surface area contributed by atoms with Crippen LogP contribution in [0.4, 0.5) is 0 Å². The van der Waals surface area contributed by atoms with Gasteiger partial charge in [-0.2, -0.15) is 0 Å². The number of nitrogens with two attached hydrogens (primary N) is 1. The minimum atomic E-state index is 0.340. The van der Waals surface area contributed by atoms with Gasteiger partial charge in [0.05, 0.1) is 0 Å². The molecule has 0 bridgehead atoms. The second kappa shape index (κ2) is 4.69. The van der Waals surface area contributed by atoms with Crippen molar-refractivity contribution in [2.24, 2.45) is 5.73 Å². The van der Waals surface area contributed by atoms with E-state index in [-0.39, 0.29) is 0 Å². The van der Waals surface area contributed by atoms with Crippen LogP contribution < -0.4 is 5.73 Å². The van der Waals surface area contributed by atoms with Gasteiger partial charge in [-0.05, 0) is 27.3 Å². The van der Waals surface area contributed by atoms with Crippen LogP contribution in [-0.4, -0.2) is 30.6 Å². The van der Waals surface area contributed by atoms with E-state index in [1.54, 1.807) is 0 Å². The summed E-state index contributed by atoms with van der Waals surface area (Å²) >= 11 is 0. The van der Waals surface area contributed by atoms with Crippen LogP contribution >= 0.6 is 0 Å². The van der Waals surface area contributed by atoms with Crippen molar-refractivity contribution in [2.75, 3.05) is 13.6 Å². The SMILES string of the molecule is CCC(N)CN(C)C(C)C. The fraction of sp³-hybridized carbons (Fsp3) is 1.00. The van der Waals surface area contributed by atoms with Gasteiger partial charge in [-0.25, -0.2) is 0 Å². The van der Waals surface area contributed by atoms with E-state index in [0.717, 1.165) is 13.0 Å². The van der Waals surface area contributed by atoms with Crippen LogP contribution in [0.15, 0.2) is 0 Å². The second-order valence-electron chi connectivity index (χ2n) is 3.20. The quantitative estimate of drug-likeness (QED) is 0.639. The van der Waals surface area contributed by atoms with E-state index >= 15 is 0 Å². The number of nitrogens with zero attached hydrogens (tertiary/aromatic N) is 1. The Hall–Kier alpha value is -0.0800. The summed E-state index contributed by atoms with van der Waals surface area (Å²) < 4.78 is 0. The Kier molecular flexibility index (Phi) is 4.65. The lowest BCUT2D eigenvalue weighted by atomic mass is 10.2. The third kappa shape index (κ3) is 3.85. The van der Waals surface area contributed by atoms with Crippen molar-refractivity contribution in [3.8, 4) is 0 Å². The van der Waals surface area contributed by atoms with Gasteiger partial charge in [-0.3, -0.25) is 0 Å². The molecule has 2 heteroatoms. The van der Waals surface area contributed by atoms with Crippen molar-refractivity contribution in [3.05, 3.63) is 0 Å². The van der Waals surface area contributed by atoms with Crippen molar-refractivity contribution in [3.63, 3.8) is 0 Å². The van der Waals surface area contributed by atoms with E-state index in [4.69, 9.17) is 5.73 Å². The molecule has 0 aliphatic carbocycles. The number of rotatable bonds is 4. The molecule has 62 valence electrons. The Morgan fingerprint density at radius 3 is 2.20 bits per heavy atom. The van der Waals surface area contributed by atoms with Gasteiger partial charge in [-0.15, -0.1) is 0 Å². The molecule has 1 atom stereocenters. The highest BCUT2D eigenvalue weighted by Gasteiger charge is 2.06. The average molecular weight is 144 g/mol. The molecular weight excluding hydrogens is 124 g/mol. The first-order valence-electron chi connectivity index (χ1n) is 4.03. The monoisotopic (exact) mass is 144 g/mol. The molecule has 0 aromatic heterocycles. The van der Waals surface area contributed by atoms with Gasteiger partial charge in [0, 0.05) is 18.6 Å². The highest BCUT2D eigenvalue weighted by Crippen LogP contribution is 1.96. The lowest BCUT2D eigenvalue weighted by molar-refractivity contribution is 0.254. The standard InChI is InChI=1S/C8H20N2/c1-5-8(9)6-10(4)7(2)3/h7-8H,5-6,9H2,1-4H3. The maximum absolute atomic E-state index is 5.77. The number of hydrogen-bond acceptors (Lipinski definition) is 2. The zero-order valence-electron chi connectivity index (χ0n) is 7.59. The molecule has 0 radical (unpaired) electrons. The summed E-state index contributed by atoms with van der Waals surface area (Å²) in [6, 6.07) is 0.949. The third-order valence-corrected chi connectivity index (χ3v) is 1.93. The first-order valence-corrected chi connectivity index (χ1v) is 4.03. The van der Waals surface area contributed by atoms with Crippen LogP contribution in [0.25, 0.3) is 0 Å². The molecule has 2 N–H and O–H groups in total. The fourth-order valence-corrected chi connectivity index (χ4v) is 0.710. The fourth-order valence-electron chi connectivity index (χ4n) is 0.710. The molecule has 0 heterocycles. The normalized spacial score (nSPS) is 14.7. The van der Waals surface area contributed by atoms with Crippen LogP contribution in [-0.2, 0) is 0 Å². The highest BCUT2D eigenvalue weighted by atomic mass is 15.1. The second-order valence-corrected chi connectivity index (χ2v) is 3.20. The lowest BCUT2D eigenvalue weighted by Crippen LogP contribution is -2.38. The van der Waals surface area contributed by atoms with Gasteiger partial charge in [0.25, 0.3) is 0 Å². The largest absolute Gasteiger partial charge is 0.327 e. The Morgan fingerprint density at radius 1 is 1.40 bits per heavy atom. The molecule has 10 heavy (non-hydrogen) atoms. The topological polar surface area (TPSA) is 29.3 Å². The van der Waals surface area contributed by atoms with E-state index in [9.17, 15) is 0 Å². The first kappa shape index (κ1) is 9.92. The molecular formula is C8H20N2. The van der Waals surface area contributed by atoms with Crippen molar-refractivity contribution in [2.45, 2.75) is 39.3 Å². The number of likely N-dealkylation sites (N-methyl/N-ethyl adjacent to an activating group) is 1. The third-order valence-electron chi connectivity index (χ3n) is 1.93. The van der Waals surface area contributed by atoms with Crippen LogP contribution in [0.1, 0.15) is 27.2 Å². The molecule has 2 nitrogen and oxygen atoms in total. The molecule has 1 unspecified atom stereocenters. The maximum atomic E-state index is 5.77. The van der Waals surface area contributed by atoms with Crippen LogP contribution in [0.2, 0.25) is 0 Å². The molecule has 0 amide bonds. The van der Waals surface area contributed by atoms with E-state index < -0.39 is 0 Å². The van der Waals surface area contributed by atoms with Crippen molar-refractivity contribution < 1.29 is 0 Å². The summed E-state index contributed by atoms with van der Waals surface area (Å²) in [7, 11) is 2.11. The van der Waals surface area contributed by atoms with E-state index in [0.29, 0.717) is 12.1 Å². The molecule has 0 aromatic rings. The van der Waals surface area contributed by atoms with Crippen LogP contribution in [0.3, 0.4) is 0 Å². The van der Waals surface area contributed by atoms with Gasteiger partial charge >= 0.3 is 0 Å². The molecule has 0 aliphatic heterocycles. The minimum Gasteiger partial charge on any atom is -0.327 e. The Bertz CT molecular complexity index is 81.3. The molecule has 0 aromatic carbocycles. The molecule has 0 saturated heterocycles. The van der Waals surface area contributed by atoms with Crippen LogP contribution in [0, 0.1) is 0 Å². The zero-order valence-corrected chi connectivity index (χ0v) is 7.59. The summed E-state index contributed by atoms with van der Waals surface area (Å²) in [4.78, 5) is 2.27. The zero-order chi connectivity index (χ0) is 8.15. The Balaban J connectivity index is 3.46. The van der Waals surface area contributed by atoms with Crippen molar-refractivity contribution in [1.82, 2.24) is 4.90 Å². The van der Waals surface area contributed by atoms with Crippen molar-refractivity contribution in [1.29, 1.82) is 0 Å². The number of hydrogen-bond donors (Lipinski definition) is 1. The highest BCUT2D eigenvalue weighted by molar-refractivity contribution is 4.65. The summed E-state index contributed by atoms with van der Waals surface area (Å²) in [5.41, 5.74) is 5.77. The minimum absolute atomic E-state index is 0.340. The van der Waals surface area contributed by atoms with E-state index in [2.05, 4.69) is 32.7 Å². The lowest BCUT2D eigenvalue weighted by Gasteiger charge is -2.23. The predicted molar refractivity (Wildman–Crippen MR) is 46.0 cm³/mol. The molecule has 0 aliphatic rings. The van der Waals surface area contributed by atoms with Crippen LogP contribution in [0.5, 0.6) is 0 Å². The van der Waals surface area contributed by atoms with Gasteiger partial charge in [0.15, 0.2) is 0 Å². The van der Waals surface area contributed by atoms with E-state index in [1.165, 1.54) is 0 Å². The van der Waals surface area contributed by atoms with E-state index in [1.807, 2.05) is 0 Å². The van der Waals surface area contributed by atoms with Gasteiger partial charge in [0.2, 0.25) is 0 Å². The summed E-state index contributed by atoms with van der Waals surface area (Å²) in [5.74, 6) is 0. The summed E-state index contributed by atoms with van der Waals surface area (Å²) in [5, 5.41) is 0. The Labute approximate surface area is 64.4 Å². The average Bonchev–Trinajstić information content (AvgIpc) is 1.87. The molecule has 0 spiro atoms. The Morgan fingerprint density at radius 2 is 1.90 bits per heavy atom. The molecule has 0 rings (SSSR count). The van der Waals surface area contributed by atoms with Gasteiger partial charge in [-0.1, -0.05) is 6.92 Å². The first-order chi connectivity index (χ1) is 4.57. The molecule has 0 saturated carbocycles. The predicted octanol–water partition coefficient (Wildman–Crippen LogP) is 1.06. The van der Waals surface area contributed by atoms with Gasteiger partial charge in [0.1, 0.15) is 0 Å². The summed E-state index contributed by atoms with van der Waals surface area (Å²) in [6.45, 7) is 7.50. The van der Waals surface area contributed by atoms with Crippen molar-refractivity contribution >= 4 is 0 Å².